The van der Waals surface area contributed by atoms with Gasteiger partial charge in [-0.25, -0.2) is 9.97 Å². The van der Waals surface area contributed by atoms with Gasteiger partial charge >= 0.3 is 0 Å². The lowest BCUT2D eigenvalue weighted by atomic mass is 9.65. The van der Waals surface area contributed by atoms with Crippen molar-refractivity contribution in [3.8, 4) is 0 Å². The molecule has 5 rings (SSSR count). The number of nitrogens with two attached hydrogens (primary N) is 1. The fourth-order valence-corrected chi connectivity index (χ4v) is 5.88. The van der Waals surface area contributed by atoms with Gasteiger partial charge in [-0.3, -0.25) is 0 Å². The van der Waals surface area contributed by atoms with Crippen molar-refractivity contribution >= 4 is 33.8 Å². The molecule has 2 bridgehead atoms. The van der Waals surface area contributed by atoms with Crippen molar-refractivity contribution in [3.63, 3.8) is 0 Å². The van der Waals surface area contributed by atoms with E-state index in [-0.39, 0.29) is 0 Å². The van der Waals surface area contributed by atoms with Crippen LogP contribution in [0.15, 0.2) is 48.8 Å². The molecule has 1 saturated carbocycles. The van der Waals surface area contributed by atoms with Crippen LogP contribution >= 0.6 is 0 Å². The summed E-state index contributed by atoms with van der Waals surface area (Å²) in [5, 5.41) is 5.80. The van der Waals surface area contributed by atoms with Crippen LogP contribution in [0.25, 0.3) is 10.8 Å². The van der Waals surface area contributed by atoms with E-state index >= 15 is 0 Å². The summed E-state index contributed by atoms with van der Waals surface area (Å²) in [6.07, 6.45) is 5.28. The first-order valence-electron chi connectivity index (χ1n) is 10.5. The van der Waals surface area contributed by atoms with Crippen LogP contribution in [0.4, 0.5) is 23.0 Å². The number of benzene rings is 2. The van der Waals surface area contributed by atoms with Crippen LogP contribution in [0.1, 0.15) is 40.0 Å². The van der Waals surface area contributed by atoms with Gasteiger partial charge in [0.25, 0.3) is 0 Å². The van der Waals surface area contributed by atoms with E-state index in [1.165, 1.54) is 24.6 Å². The minimum absolute atomic E-state index is 0.326. The molecule has 29 heavy (non-hydrogen) atoms. The van der Waals surface area contributed by atoms with Gasteiger partial charge in [0.1, 0.15) is 12.0 Å². The van der Waals surface area contributed by atoms with Gasteiger partial charge in [0.15, 0.2) is 11.6 Å². The van der Waals surface area contributed by atoms with Crippen molar-refractivity contribution in [2.75, 3.05) is 22.5 Å². The largest absolute Gasteiger partial charge is 0.393 e. The molecule has 2 atom stereocenters. The number of hydrogen-bond donors (Lipinski definition) is 2. The van der Waals surface area contributed by atoms with Gasteiger partial charge in [-0.15, -0.1) is 0 Å². The zero-order chi connectivity index (χ0) is 20.2. The number of hydrogen-bond acceptors (Lipinski definition) is 5. The minimum atomic E-state index is 0.326. The molecule has 0 radical (unpaired) electrons. The van der Waals surface area contributed by atoms with Gasteiger partial charge in [0.05, 0.1) is 0 Å². The smallest absolute Gasteiger partial charge is 0.159 e. The maximum Gasteiger partial charge on any atom is 0.159 e. The van der Waals surface area contributed by atoms with Crippen molar-refractivity contribution < 1.29 is 0 Å². The monoisotopic (exact) mass is 387 g/mol. The molecule has 0 spiro atoms. The van der Waals surface area contributed by atoms with Crippen LogP contribution in [-0.2, 0) is 0 Å². The van der Waals surface area contributed by atoms with E-state index in [1.54, 1.807) is 6.33 Å². The highest BCUT2D eigenvalue weighted by Crippen LogP contribution is 2.54. The molecule has 1 aromatic heterocycles. The highest BCUT2D eigenvalue weighted by molar-refractivity contribution is 5.96. The molecule has 2 fully saturated rings. The Morgan fingerprint density at radius 1 is 1.03 bits per heavy atom. The molecule has 150 valence electrons. The molecule has 2 unspecified atom stereocenters. The van der Waals surface area contributed by atoms with Crippen LogP contribution in [-0.4, -0.2) is 22.6 Å². The lowest BCUT2D eigenvalue weighted by Crippen LogP contribution is -2.35. The molecule has 5 nitrogen and oxygen atoms in total. The van der Waals surface area contributed by atoms with E-state index in [9.17, 15) is 0 Å². The number of nitrogen functional groups attached to an aromatic ring is 1. The fourth-order valence-electron chi connectivity index (χ4n) is 5.88. The topological polar surface area (TPSA) is 67.1 Å². The molecule has 3 aromatic rings. The number of anilines is 4. The Morgan fingerprint density at radius 3 is 2.69 bits per heavy atom. The van der Waals surface area contributed by atoms with Crippen molar-refractivity contribution in [1.82, 2.24) is 9.97 Å². The molecule has 5 heteroatoms. The standard InChI is InChI=1S/C24H29N5/c1-23(2)11-17-12-24(3,13-23)14-29(17)22-20(25)21(26-15-27-22)28-19-10-6-8-16-7-4-5-9-18(16)19/h4-10,15,17H,11-14,25H2,1-3H3,(H,26,27,28). The maximum absolute atomic E-state index is 6.62. The van der Waals surface area contributed by atoms with Crippen LogP contribution in [0, 0.1) is 10.8 Å². The summed E-state index contributed by atoms with van der Waals surface area (Å²) in [6, 6.07) is 15.1. The molecule has 3 N–H and O–H groups in total. The molecule has 1 aliphatic carbocycles. The Balaban J connectivity index is 1.50. The van der Waals surface area contributed by atoms with Gasteiger partial charge in [-0.2, -0.15) is 0 Å². The number of fused-ring (bicyclic) bond motifs is 3. The lowest BCUT2D eigenvalue weighted by Gasteiger charge is -2.39. The Hall–Kier alpha value is -2.82. The quantitative estimate of drug-likeness (QED) is 0.633. The Kier molecular flexibility index (Phi) is 3.99. The first-order chi connectivity index (χ1) is 13.8. The van der Waals surface area contributed by atoms with Crippen molar-refractivity contribution in [2.45, 2.75) is 46.1 Å². The van der Waals surface area contributed by atoms with Gasteiger partial charge in [-0.05, 0) is 41.5 Å². The molecule has 2 aromatic carbocycles. The average molecular weight is 388 g/mol. The van der Waals surface area contributed by atoms with E-state index < -0.39 is 0 Å². The van der Waals surface area contributed by atoms with Crippen molar-refractivity contribution in [3.05, 3.63) is 48.8 Å². The van der Waals surface area contributed by atoms with E-state index in [0.29, 0.717) is 28.4 Å². The SMILES string of the molecule is CC1(C)CC2CC(C)(CN2c2ncnc(Nc3cccc4ccccc34)c2N)C1. The molecular formula is C24H29N5. The van der Waals surface area contributed by atoms with E-state index in [4.69, 9.17) is 5.73 Å². The second-order valence-corrected chi connectivity index (χ2v) is 9.95. The summed E-state index contributed by atoms with van der Waals surface area (Å²) in [5.74, 6) is 1.55. The Bertz CT molecular complexity index is 1070. The number of nitrogens with one attached hydrogen (secondary N) is 1. The predicted octanol–water partition coefficient (Wildman–Crippen LogP) is 5.36. The third kappa shape index (κ3) is 3.18. The molecule has 1 saturated heterocycles. The average Bonchev–Trinajstić information content (AvgIpc) is 2.92. The van der Waals surface area contributed by atoms with Crippen molar-refractivity contribution in [1.29, 1.82) is 0 Å². The normalized spacial score (nSPS) is 25.3. The summed E-state index contributed by atoms with van der Waals surface area (Å²) in [5.41, 5.74) is 8.95. The van der Waals surface area contributed by atoms with Crippen LogP contribution in [0.3, 0.4) is 0 Å². The van der Waals surface area contributed by atoms with E-state index in [2.05, 4.69) is 83.4 Å². The molecular weight excluding hydrogens is 358 g/mol. The van der Waals surface area contributed by atoms with E-state index in [1.807, 2.05) is 0 Å². The number of nitrogens with zero attached hydrogens (tertiary/aromatic N) is 3. The third-order valence-corrected chi connectivity index (χ3v) is 6.59. The number of rotatable bonds is 3. The molecule has 2 heterocycles. The molecule has 2 aliphatic rings. The fraction of sp³-hybridized carbons (Fsp3) is 0.417. The zero-order valence-corrected chi connectivity index (χ0v) is 17.4. The third-order valence-electron chi connectivity index (χ3n) is 6.59. The first kappa shape index (κ1) is 18.2. The Labute approximate surface area is 172 Å². The maximum atomic E-state index is 6.62. The summed E-state index contributed by atoms with van der Waals surface area (Å²) in [4.78, 5) is 11.5. The Morgan fingerprint density at radius 2 is 1.83 bits per heavy atom. The summed E-state index contributed by atoms with van der Waals surface area (Å²) in [6.45, 7) is 8.19. The van der Waals surface area contributed by atoms with Gasteiger partial charge in [0.2, 0.25) is 0 Å². The second-order valence-electron chi connectivity index (χ2n) is 9.95. The second kappa shape index (κ2) is 6.34. The van der Waals surface area contributed by atoms with Crippen LogP contribution in [0.2, 0.25) is 0 Å². The van der Waals surface area contributed by atoms with E-state index in [0.717, 1.165) is 23.4 Å². The predicted molar refractivity (Wildman–Crippen MR) is 121 cm³/mol. The van der Waals surface area contributed by atoms with Gasteiger partial charge in [-0.1, -0.05) is 57.2 Å². The number of aromatic nitrogens is 2. The molecule has 0 amide bonds. The lowest BCUT2D eigenvalue weighted by molar-refractivity contribution is 0.136. The van der Waals surface area contributed by atoms with Gasteiger partial charge in [0, 0.05) is 23.7 Å². The van der Waals surface area contributed by atoms with Crippen molar-refractivity contribution in [2.24, 2.45) is 10.8 Å². The zero-order valence-electron chi connectivity index (χ0n) is 17.4. The molecule has 1 aliphatic heterocycles. The van der Waals surface area contributed by atoms with Crippen LogP contribution in [0.5, 0.6) is 0 Å². The summed E-state index contributed by atoms with van der Waals surface area (Å²) in [7, 11) is 0. The summed E-state index contributed by atoms with van der Waals surface area (Å²) >= 11 is 0. The van der Waals surface area contributed by atoms with Crippen LogP contribution < -0.4 is 16.0 Å². The first-order valence-corrected chi connectivity index (χ1v) is 10.5. The minimum Gasteiger partial charge on any atom is -0.393 e. The summed E-state index contributed by atoms with van der Waals surface area (Å²) < 4.78 is 0. The van der Waals surface area contributed by atoms with Gasteiger partial charge < -0.3 is 16.0 Å². The highest BCUT2D eigenvalue weighted by Gasteiger charge is 2.50. The highest BCUT2D eigenvalue weighted by atomic mass is 15.3.